The summed E-state index contributed by atoms with van der Waals surface area (Å²) in [6, 6.07) is 8.21. The predicted molar refractivity (Wildman–Crippen MR) is 68.0 cm³/mol. The van der Waals surface area contributed by atoms with Crippen molar-refractivity contribution in [3.05, 3.63) is 35.9 Å². The van der Waals surface area contributed by atoms with Gasteiger partial charge in [0.05, 0.1) is 13.2 Å². The van der Waals surface area contributed by atoms with Crippen molar-refractivity contribution in [2.45, 2.75) is 5.41 Å². The zero-order valence-electron chi connectivity index (χ0n) is 10.1. The van der Waals surface area contributed by atoms with Crippen molar-refractivity contribution < 1.29 is 20.1 Å². The van der Waals surface area contributed by atoms with Crippen LogP contribution in [0.25, 0.3) is 0 Å². The number of aliphatic carboxylic acids is 1. The number of carboxylic acids is 1. The maximum Gasteiger partial charge on any atom is 0.318 e. The van der Waals surface area contributed by atoms with Crippen molar-refractivity contribution in [2.75, 3.05) is 26.3 Å². The summed E-state index contributed by atoms with van der Waals surface area (Å²) in [6.07, 6.45) is 0. The summed E-state index contributed by atoms with van der Waals surface area (Å²) in [5.41, 5.74) is 8.61. The number of rotatable bonds is 5. The van der Waals surface area contributed by atoms with Crippen LogP contribution in [0, 0.1) is 0 Å². The first-order chi connectivity index (χ1) is 8.58. The van der Waals surface area contributed by atoms with E-state index in [2.05, 4.69) is 0 Å². The molecule has 0 aromatic heterocycles. The largest absolute Gasteiger partial charge is 0.480 e. The Morgan fingerprint density at radius 2 is 1.50 bits per heavy atom. The van der Waals surface area contributed by atoms with Crippen molar-refractivity contribution in [1.82, 2.24) is 0 Å². The molecule has 0 amide bonds. The average Bonchev–Trinajstić information content (AvgIpc) is 2.42. The van der Waals surface area contributed by atoms with Gasteiger partial charge in [-0.3, -0.25) is 4.79 Å². The minimum absolute atomic E-state index is 0.400. The summed E-state index contributed by atoms with van der Waals surface area (Å²) >= 11 is 0. The van der Waals surface area contributed by atoms with E-state index < -0.39 is 24.6 Å². The summed E-state index contributed by atoms with van der Waals surface area (Å²) < 4.78 is 0. The molecule has 1 aromatic rings. The quantitative estimate of drug-likeness (QED) is 0.454. The molecule has 0 aliphatic rings. The molecule has 7 N–H and O–H groups in total. The van der Waals surface area contributed by atoms with Gasteiger partial charge in [-0.15, -0.1) is 0 Å². The Bertz CT molecular complexity index is 337. The molecule has 1 rings (SSSR count). The van der Waals surface area contributed by atoms with Gasteiger partial charge in [0, 0.05) is 13.1 Å². The molecule has 0 saturated carbocycles. The highest BCUT2D eigenvalue weighted by Crippen LogP contribution is 2.23. The van der Waals surface area contributed by atoms with E-state index in [0.29, 0.717) is 18.7 Å². The lowest BCUT2D eigenvalue weighted by atomic mass is 9.82. The number of carboxylic acid groups (broad SMARTS) is 1. The summed E-state index contributed by atoms with van der Waals surface area (Å²) in [5.74, 6) is -1.23. The SMILES string of the molecule is NCCN.O=C(O)C(CO)(CO)c1ccccc1. The van der Waals surface area contributed by atoms with Gasteiger partial charge in [0.2, 0.25) is 0 Å². The Hall–Kier alpha value is -1.47. The molecule has 1 aromatic carbocycles. The Morgan fingerprint density at radius 3 is 1.78 bits per heavy atom. The third-order valence-electron chi connectivity index (χ3n) is 2.44. The first kappa shape index (κ1) is 16.5. The Labute approximate surface area is 106 Å². The monoisotopic (exact) mass is 256 g/mol. The van der Waals surface area contributed by atoms with Gasteiger partial charge in [-0.05, 0) is 5.56 Å². The van der Waals surface area contributed by atoms with Gasteiger partial charge in [-0.1, -0.05) is 30.3 Å². The second kappa shape index (κ2) is 8.60. The normalized spacial score (nSPS) is 10.4. The lowest BCUT2D eigenvalue weighted by molar-refractivity contribution is -0.147. The number of hydrogen-bond donors (Lipinski definition) is 5. The highest BCUT2D eigenvalue weighted by atomic mass is 16.4. The molecule has 0 saturated heterocycles. The number of hydrogen-bond acceptors (Lipinski definition) is 5. The van der Waals surface area contributed by atoms with Crippen LogP contribution in [-0.4, -0.2) is 47.6 Å². The molecule has 0 atom stereocenters. The molecule has 0 heterocycles. The van der Waals surface area contributed by atoms with Crippen molar-refractivity contribution in [2.24, 2.45) is 11.5 Å². The van der Waals surface area contributed by atoms with Gasteiger partial charge in [-0.2, -0.15) is 0 Å². The van der Waals surface area contributed by atoms with E-state index in [1.807, 2.05) is 0 Å². The smallest absolute Gasteiger partial charge is 0.318 e. The van der Waals surface area contributed by atoms with Crippen LogP contribution < -0.4 is 11.5 Å². The third-order valence-corrected chi connectivity index (χ3v) is 2.44. The van der Waals surface area contributed by atoms with Crippen LogP contribution in [-0.2, 0) is 10.2 Å². The van der Waals surface area contributed by atoms with Gasteiger partial charge < -0.3 is 26.8 Å². The topological polar surface area (TPSA) is 130 Å². The van der Waals surface area contributed by atoms with E-state index in [4.69, 9.17) is 26.8 Å². The number of nitrogens with two attached hydrogens (primary N) is 2. The van der Waals surface area contributed by atoms with Gasteiger partial charge in [0.1, 0.15) is 5.41 Å². The van der Waals surface area contributed by atoms with Crippen LogP contribution >= 0.6 is 0 Å². The fourth-order valence-electron chi connectivity index (χ4n) is 1.25. The Morgan fingerprint density at radius 1 is 1.06 bits per heavy atom. The third kappa shape index (κ3) is 4.08. The van der Waals surface area contributed by atoms with Crippen LogP contribution in [0.4, 0.5) is 0 Å². The van der Waals surface area contributed by atoms with Gasteiger partial charge >= 0.3 is 5.97 Å². The van der Waals surface area contributed by atoms with Crippen LogP contribution in [0.5, 0.6) is 0 Å². The maximum atomic E-state index is 11.0. The summed E-state index contributed by atoms with van der Waals surface area (Å²) in [5, 5.41) is 27.1. The second-order valence-electron chi connectivity index (χ2n) is 3.65. The molecule has 0 radical (unpaired) electrons. The zero-order valence-corrected chi connectivity index (χ0v) is 10.1. The second-order valence-corrected chi connectivity index (χ2v) is 3.65. The molecule has 0 aliphatic carbocycles. The molecule has 0 unspecified atom stereocenters. The molecule has 0 aliphatic heterocycles. The summed E-state index contributed by atoms with van der Waals surface area (Å²) in [6.45, 7) is -0.0499. The highest BCUT2D eigenvalue weighted by Gasteiger charge is 2.39. The maximum absolute atomic E-state index is 11.0. The summed E-state index contributed by atoms with van der Waals surface area (Å²) in [4.78, 5) is 11.0. The van der Waals surface area contributed by atoms with Crippen molar-refractivity contribution in [1.29, 1.82) is 0 Å². The molecule has 0 bridgehead atoms. The van der Waals surface area contributed by atoms with Crippen molar-refractivity contribution in [3.8, 4) is 0 Å². The number of aliphatic hydroxyl groups excluding tert-OH is 2. The Balaban J connectivity index is 0.000000631. The lowest BCUT2D eigenvalue weighted by Gasteiger charge is -2.24. The molecule has 18 heavy (non-hydrogen) atoms. The fourth-order valence-corrected chi connectivity index (χ4v) is 1.25. The predicted octanol–water partition coefficient (Wildman–Crippen LogP) is -1.10. The summed E-state index contributed by atoms with van der Waals surface area (Å²) in [7, 11) is 0. The van der Waals surface area contributed by atoms with Gasteiger partial charge in [0.15, 0.2) is 0 Å². The minimum atomic E-state index is -1.60. The lowest BCUT2D eigenvalue weighted by Crippen LogP contribution is -2.43. The van der Waals surface area contributed by atoms with E-state index in [0.717, 1.165) is 0 Å². The van der Waals surface area contributed by atoms with E-state index in [9.17, 15) is 4.79 Å². The van der Waals surface area contributed by atoms with E-state index >= 15 is 0 Å². The van der Waals surface area contributed by atoms with Gasteiger partial charge in [0.25, 0.3) is 0 Å². The van der Waals surface area contributed by atoms with Crippen LogP contribution in [0.1, 0.15) is 5.56 Å². The van der Waals surface area contributed by atoms with Crippen LogP contribution in [0.15, 0.2) is 30.3 Å². The molecule has 102 valence electrons. The first-order valence-corrected chi connectivity index (χ1v) is 5.49. The number of benzene rings is 1. The van der Waals surface area contributed by atoms with Crippen LogP contribution in [0.2, 0.25) is 0 Å². The Kier molecular flexibility index (Phi) is 7.89. The van der Waals surface area contributed by atoms with Crippen molar-refractivity contribution in [3.63, 3.8) is 0 Å². The molecule has 6 nitrogen and oxygen atoms in total. The fraction of sp³-hybridized carbons (Fsp3) is 0.417. The molecule has 6 heteroatoms. The van der Waals surface area contributed by atoms with E-state index in [1.165, 1.54) is 0 Å². The zero-order chi connectivity index (χ0) is 14.0. The van der Waals surface area contributed by atoms with Gasteiger partial charge in [-0.25, -0.2) is 0 Å². The molecule has 0 spiro atoms. The standard InChI is InChI=1S/C10H12O4.C2H8N2/c11-6-10(7-12,9(13)14)8-4-2-1-3-5-8;3-1-2-4/h1-5,11-12H,6-7H2,(H,13,14);1-4H2. The number of aliphatic hydroxyl groups is 2. The van der Waals surface area contributed by atoms with E-state index in [1.54, 1.807) is 30.3 Å². The molecular weight excluding hydrogens is 236 g/mol. The van der Waals surface area contributed by atoms with Crippen LogP contribution in [0.3, 0.4) is 0 Å². The van der Waals surface area contributed by atoms with Crippen molar-refractivity contribution >= 4 is 5.97 Å². The van der Waals surface area contributed by atoms with E-state index in [-0.39, 0.29) is 0 Å². The first-order valence-electron chi connectivity index (χ1n) is 5.49. The number of carbonyl (C=O) groups is 1. The minimum Gasteiger partial charge on any atom is -0.480 e. The molecular formula is C12H20N2O4. The highest BCUT2D eigenvalue weighted by molar-refractivity contribution is 5.81. The average molecular weight is 256 g/mol. The molecule has 0 fully saturated rings.